The summed E-state index contributed by atoms with van der Waals surface area (Å²) in [4.78, 5) is 12.9. The van der Waals surface area contributed by atoms with Gasteiger partial charge in [-0.05, 0) is 35.7 Å². The van der Waals surface area contributed by atoms with Gasteiger partial charge in [0.25, 0.3) is 0 Å². The number of Topliss-reactive ketones (excluding diaryl/α,β-unsaturated/α-hetero) is 1. The second-order valence-electron chi connectivity index (χ2n) is 3.36. The fourth-order valence-electron chi connectivity index (χ4n) is 1.39. The lowest BCUT2D eigenvalue weighted by Crippen LogP contribution is -2.20. The van der Waals surface area contributed by atoms with E-state index in [9.17, 15) is 4.79 Å². The first-order valence-corrected chi connectivity index (χ1v) is 6.03. The van der Waals surface area contributed by atoms with Crippen LogP contribution in [0.1, 0.15) is 21.3 Å². The number of hydrogen-bond acceptors (Lipinski definition) is 3. The Morgan fingerprint density at radius 3 is 2.50 bits per heavy atom. The zero-order valence-corrected chi connectivity index (χ0v) is 9.96. The summed E-state index contributed by atoms with van der Waals surface area (Å²) in [6.07, 6.45) is 0. The summed E-state index contributed by atoms with van der Waals surface area (Å²) in [5.41, 5.74) is 6.47. The average molecular weight is 252 g/mol. The molecule has 0 aliphatic rings. The molecule has 1 unspecified atom stereocenters. The van der Waals surface area contributed by atoms with Crippen molar-refractivity contribution in [2.24, 2.45) is 5.73 Å². The lowest BCUT2D eigenvalue weighted by molar-refractivity contribution is 0.0962. The topological polar surface area (TPSA) is 43.1 Å². The lowest BCUT2D eigenvalue weighted by atomic mass is 10.0. The Bertz CT molecular complexity index is 478. The highest BCUT2D eigenvalue weighted by Crippen LogP contribution is 2.21. The molecule has 1 aromatic heterocycles. The molecule has 2 nitrogen and oxygen atoms in total. The van der Waals surface area contributed by atoms with Crippen LogP contribution in [0.25, 0.3) is 0 Å². The number of thiophene rings is 1. The fourth-order valence-corrected chi connectivity index (χ4v) is 2.24. The molecule has 0 spiro atoms. The van der Waals surface area contributed by atoms with Crippen molar-refractivity contribution < 1.29 is 4.79 Å². The van der Waals surface area contributed by atoms with Gasteiger partial charge in [-0.1, -0.05) is 17.7 Å². The second kappa shape index (κ2) is 4.78. The SMILES string of the molecule is NC(C(=O)c1ccc(Cl)cc1)c1cccs1. The summed E-state index contributed by atoms with van der Waals surface area (Å²) in [6.45, 7) is 0. The van der Waals surface area contributed by atoms with Crippen molar-refractivity contribution in [3.63, 3.8) is 0 Å². The van der Waals surface area contributed by atoms with E-state index < -0.39 is 6.04 Å². The molecular formula is C12H10ClNOS. The summed E-state index contributed by atoms with van der Waals surface area (Å²) >= 11 is 7.24. The van der Waals surface area contributed by atoms with Gasteiger partial charge in [-0.3, -0.25) is 4.79 Å². The Hall–Kier alpha value is -1.16. The molecular weight excluding hydrogens is 242 g/mol. The van der Waals surface area contributed by atoms with Crippen molar-refractivity contribution in [2.45, 2.75) is 6.04 Å². The molecule has 2 rings (SSSR count). The smallest absolute Gasteiger partial charge is 0.184 e. The van der Waals surface area contributed by atoms with Gasteiger partial charge in [-0.25, -0.2) is 0 Å². The third-order valence-corrected chi connectivity index (χ3v) is 3.47. The minimum atomic E-state index is -0.582. The van der Waals surface area contributed by atoms with E-state index in [1.807, 2.05) is 17.5 Å². The van der Waals surface area contributed by atoms with Gasteiger partial charge in [0.2, 0.25) is 0 Å². The van der Waals surface area contributed by atoms with Gasteiger partial charge in [0, 0.05) is 15.5 Å². The molecule has 2 aromatic rings. The van der Waals surface area contributed by atoms with Crippen molar-refractivity contribution in [3.05, 3.63) is 57.2 Å². The monoisotopic (exact) mass is 251 g/mol. The molecule has 0 amide bonds. The average Bonchev–Trinajstić information content (AvgIpc) is 2.81. The predicted octanol–water partition coefficient (Wildman–Crippen LogP) is 3.28. The summed E-state index contributed by atoms with van der Waals surface area (Å²) < 4.78 is 0. The van der Waals surface area contributed by atoms with Crippen LogP contribution < -0.4 is 5.73 Å². The molecule has 0 bridgehead atoms. The molecule has 0 saturated carbocycles. The molecule has 0 saturated heterocycles. The largest absolute Gasteiger partial charge is 0.317 e. The van der Waals surface area contributed by atoms with E-state index in [-0.39, 0.29) is 5.78 Å². The van der Waals surface area contributed by atoms with Crippen LogP contribution in [0.3, 0.4) is 0 Å². The second-order valence-corrected chi connectivity index (χ2v) is 4.78. The van der Waals surface area contributed by atoms with Crippen LogP contribution in [-0.2, 0) is 0 Å². The maximum atomic E-state index is 12.0. The summed E-state index contributed by atoms with van der Waals surface area (Å²) in [5, 5.41) is 2.52. The molecule has 1 atom stereocenters. The molecule has 0 aliphatic heterocycles. The van der Waals surface area contributed by atoms with Gasteiger partial charge >= 0.3 is 0 Å². The first kappa shape index (κ1) is 11.3. The number of carbonyl (C=O) groups is 1. The predicted molar refractivity (Wildman–Crippen MR) is 67.0 cm³/mol. The summed E-state index contributed by atoms with van der Waals surface area (Å²) in [6, 6.07) is 9.93. The summed E-state index contributed by atoms with van der Waals surface area (Å²) in [5.74, 6) is -0.0842. The lowest BCUT2D eigenvalue weighted by Gasteiger charge is -2.08. The third kappa shape index (κ3) is 2.32. The third-order valence-electron chi connectivity index (χ3n) is 2.26. The highest BCUT2D eigenvalue weighted by molar-refractivity contribution is 7.10. The van der Waals surface area contributed by atoms with Crippen molar-refractivity contribution in [2.75, 3.05) is 0 Å². The van der Waals surface area contributed by atoms with Crippen LogP contribution in [0.15, 0.2) is 41.8 Å². The van der Waals surface area contributed by atoms with Crippen molar-refractivity contribution in [3.8, 4) is 0 Å². The van der Waals surface area contributed by atoms with E-state index in [2.05, 4.69) is 0 Å². The molecule has 1 heterocycles. The van der Waals surface area contributed by atoms with Gasteiger partial charge in [-0.2, -0.15) is 0 Å². The van der Waals surface area contributed by atoms with Crippen LogP contribution in [0.4, 0.5) is 0 Å². The number of halogens is 1. The van der Waals surface area contributed by atoms with Crippen molar-refractivity contribution in [1.82, 2.24) is 0 Å². The van der Waals surface area contributed by atoms with Gasteiger partial charge in [0.1, 0.15) is 6.04 Å². The molecule has 2 N–H and O–H groups in total. The maximum Gasteiger partial charge on any atom is 0.184 e. The van der Waals surface area contributed by atoms with Gasteiger partial charge in [0.15, 0.2) is 5.78 Å². The van der Waals surface area contributed by atoms with E-state index in [1.54, 1.807) is 24.3 Å². The quantitative estimate of drug-likeness (QED) is 0.851. The molecule has 4 heteroatoms. The van der Waals surface area contributed by atoms with Gasteiger partial charge in [0.05, 0.1) is 0 Å². The van der Waals surface area contributed by atoms with Crippen LogP contribution >= 0.6 is 22.9 Å². The van der Waals surface area contributed by atoms with E-state index in [0.29, 0.717) is 10.6 Å². The zero-order chi connectivity index (χ0) is 11.5. The van der Waals surface area contributed by atoms with E-state index in [1.165, 1.54) is 11.3 Å². The molecule has 0 fully saturated rings. The number of rotatable bonds is 3. The molecule has 0 aliphatic carbocycles. The Morgan fingerprint density at radius 2 is 1.94 bits per heavy atom. The Kier molecular flexibility index (Phi) is 3.39. The Morgan fingerprint density at radius 1 is 1.25 bits per heavy atom. The highest BCUT2D eigenvalue weighted by Gasteiger charge is 2.18. The van der Waals surface area contributed by atoms with Crippen LogP contribution in [-0.4, -0.2) is 5.78 Å². The highest BCUT2D eigenvalue weighted by atomic mass is 35.5. The van der Waals surface area contributed by atoms with Crippen molar-refractivity contribution in [1.29, 1.82) is 0 Å². The Balaban J connectivity index is 2.22. The zero-order valence-electron chi connectivity index (χ0n) is 8.39. The molecule has 82 valence electrons. The number of nitrogens with two attached hydrogens (primary N) is 1. The Labute approximate surface area is 103 Å². The molecule has 0 radical (unpaired) electrons. The van der Waals surface area contributed by atoms with E-state index >= 15 is 0 Å². The van der Waals surface area contributed by atoms with E-state index in [4.69, 9.17) is 17.3 Å². The van der Waals surface area contributed by atoms with Gasteiger partial charge in [-0.15, -0.1) is 11.3 Å². The number of ketones is 1. The number of benzene rings is 1. The molecule has 1 aromatic carbocycles. The van der Waals surface area contributed by atoms with Crippen LogP contribution in [0.2, 0.25) is 5.02 Å². The first-order chi connectivity index (χ1) is 7.68. The number of carbonyl (C=O) groups excluding carboxylic acids is 1. The number of hydrogen-bond donors (Lipinski definition) is 1. The van der Waals surface area contributed by atoms with Crippen LogP contribution in [0, 0.1) is 0 Å². The maximum absolute atomic E-state index is 12.0. The van der Waals surface area contributed by atoms with Gasteiger partial charge < -0.3 is 5.73 Å². The van der Waals surface area contributed by atoms with Crippen LogP contribution in [0.5, 0.6) is 0 Å². The van der Waals surface area contributed by atoms with E-state index in [0.717, 1.165) is 4.88 Å². The minimum Gasteiger partial charge on any atom is -0.317 e. The minimum absolute atomic E-state index is 0.0842. The molecule has 16 heavy (non-hydrogen) atoms. The van der Waals surface area contributed by atoms with Crippen molar-refractivity contribution >= 4 is 28.7 Å². The first-order valence-electron chi connectivity index (χ1n) is 4.77. The normalized spacial score (nSPS) is 12.4. The summed E-state index contributed by atoms with van der Waals surface area (Å²) in [7, 11) is 0. The fraction of sp³-hybridized carbons (Fsp3) is 0.0833. The standard InChI is InChI=1S/C12H10ClNOS/c13-9-5-3-8(4-6-9)12(15)11(14)10-2-1-7-16-10/h1-7,11H,14H2.